The van der Waals surface area contributed by atoms with Crippen molar-refractivity contribution in [2.24, 2.45) is 0 Å². The number of carboxylic acids is 1. The van der Waals surface area contributed by atoms with Gasteiger partial charge in [-0.25, -0.2) is 0 Å². The van der Waals surface area contributed by atoms with Gasteiger partial charge in [0.25, 0.3) is 0 Å². The van der Waals surface area contributed by atoms with Gasteiger partial charge in [0.2, 0.25) is 0 Å². The van der Waals surface area contributed by atoms with Gasteiger partial charge in [0.1, 0.15) is 5.75 Å². The van der Waals surface area contributed by atoms with E-state index in [4.69, 9.17) is 0 Å². The van der Waals surface area contributed by atoms with Gasteiger partial charge >= 0.3 is 5.97 Å². The van der Waals surface area contributed by atoms with Gasteiger partial charge in [0.05, 0.1) is 5.41 Å². The van der Waals surface area contributed by atoms with E-state index in [1.165, 1.54) is 0 Å². The highest BCUT2D eigenvalue weighted by atomic mass is 16.4. The zero-order valence-corrected chi connectivity index (χ0v) is 8.66. The maximum absolute atomic E-state index is 11.3. The Bertz CT molecular complexity index is 405. The summed E-state index contributed by atoms with van der Waals surface area (Å²) in [5.41, 5.74) is 0.715. The lowest BCUT2D eigenvalue weighted by molar-refractivity contribution is -0.147. The number of hydrogen-bond donors (Lipinski definition) is 2. The molecular weight excluding hydrogens is 192 g/mol. The van der Waals surface area contributed by atoms with Crippen LogP contribution in [0.1, 0.15) is 30.4 Å². The molecule has 0 aliphatic heterocycles. The van der Waals surface area contributed by atoms with E-state index >= 15 is 0 Å². The van der Waals surface area contributed by atoms with Crippen molar-refractivity contribution in [2.45, 2.75) is 31.6 Å². The smallest absolute Gasteiger partial charge is 0.314 e. The third-order valence-electron chi connectivity index (χ3n) is 3.28. The molecule has 0 spiro atoms. The number of carboxylic acid groups (broad SMARTS) is 1. The van der Waals surface area contributed by atoms with Crippen molar-refractivity contribution >= 4 is 5.97 Å². The molecule has 15 heavy (non-hydrogen) atoms. The quantitative estimate of drug-likeness (QED) is 0.780. The van der Waals surface area contributed by atoms with E-state index in [0.29, 0.717) is 18.4 Å². The van der Waals surface area contributed by atoms with Crippen LogP contribution in [-0.4, -0.2) is 16.2 Å². The van der Waals surface area contributed by atoms with E-state index in [1.807, 2.05) is 6.92 Å². The average Bonchev–Trinajstić information content (AvgIpc) is 2.08. The Morgan fingerprint density at radius 2 is 2.07 bits per heavy atom. The molecule has 1 aliphatic carbocycles. The highest BCUT2D eigenvalue weighted by Crippen LogP contribution is 2.47. The monoisotopic (exact) mass is 206 g/mol. The first-order chi connectivity index (χ1) is 7.06. The number of aryl methyl sites for hydroxylation is 1. The van der Waals surface area contributed by atoms with E-state index < -0.39 is 11.4 Å². The molecule has 1 fully saturated rings. The molecule has 0 amide bonds. The molecular formula is C12H14O3. The van der Waals surface area contributed by atoms with Crippen molar-refractivity contribution in [3.63, 3.8) is 0 Å². The van der Waals surface area contributed by atoms with Crippen LogP contribution in [0.3, 0.4) is 0 Å². The SMILES string of the molecule is Cc1ccc(O)c(C2(C(=O)O)CCC2)c1. The molecule has 3 nitrogen and oxygen atoms in total. The summed E-state index contributed by atoms with van der Waals surface area (Å²) >= 11 is 0. The molecule has 1 aromatic rings. The molecule has 80 valence electrons. The lowest BCUT2D eigenvalue weighted by atomic mass is 9.64. The van der Waals surface area contributed by atoms with Crippen LogP contribution in [0.5, 0.6) is 5.75 Å². The Balaban J connectivity index is 2.51. The van der Waals surface area contributed by atoms with Gasteiger partial charge in [0.15, 0.2) is 0 Å². The summed E-state index contributed by atoms with van der Waals surface area (Å²) in [6.07, 6.45) is 2.17. The number of rotatable bonds is 2. The number of carbonyl (C=O) groups is 1. The molecule has 0 atom stereocenters. The second-order valence-corrected chi connectivity index (χ2v) is 4.26. The Labute approximate surface area is 88.4 Å². The minimum absolute atomic E-state index is 0.0997. The minimum atomic E-state index is -0.837. The van der Waals surface area contributed by atoms with Crippen LogP contribution in [-0.2, 0) is 10.2 Å². The molecule has 1 saturated carbocycles. The number of phenolic OH excluding ortho intramolecular Hbond substituents is 1. The maximum atomic E-state index is 11.3. The Morgan fingerprint density at radius 1 is 1.40 bits per heavy atom. The molecule has 3 heteroatoms. The zero-order valence-electron chi connectivity index (χ0n) is 8.66. The Hall–Kier alpha value is -1.51. The van der Waals surface area contributed by atoms with Crippen molar-refractivity contribution in [3.8, 4) is 5.75 Å². The minimum Gasteiger partial charge on any atom is -0.508 e. The van der Waals surface area contributed by atoms with E-state index in [0.717, 1.165) is 12.0 Å². The summed E-state index contributed by atoms with van der Waals surface area (Å²) in [5.74, 6) is -0.725. The van der Waals surface area contributed by atoms with Crippen LogP contribution in [0.15, 0.2) is 18.2 Å². The first-order valence-electron chi connectivity index (χ1n) is 5.10. The number of hydrogen-bond acceptors (Lipinski definition) is 2. The molecule has 2 rings (SSSR count). The lowest BCUT2D eigenvalue weighted by Crippen LogP contribution is -2.42. The van der Waals surface area contributed by atoms with Crippen molar-refractivity contribution in [3.05, 3.63) is 29.3 Å². The fourth-order valence-electron chi connectivity index (χ4n) is 2.16. The maximum Gasteiger partial charge on any atom is 0.314 e. The molecule has 2 N–H and O–H groups in total. The topological polar surface area (TPSA) is 57.5 Å². The van der Waals surface area contributed by atoms with Crippen molar-refractivity contribution in [2.75, 3.05) is 0 Å². The molecule has 0 bridgehead atoms. The number of phenols is 1. The van der Waals surface area contributed by atoms with Gasteiger partial charge in [-0.15, -0.1) is 0 Å². The van der Waals surface area contributed by atoms with Crippen molar-refractivity contribution in [1.82, 2.24) is 0 Å². The van der Waals surface area contributed by atoms with Crippen LogP contribution in [0.2, 0.25) is 0 Å². The summed E-state index contributed by atoms with van der Waals surface area (Å²) in [6, 6.07) is 5.14. The fourth-order valence-corrected chi connectivity index (χ4v) is 2.16. The number of aliphatic carboxylic acids is 1. The van der Waals surface area contributed by atoms with Gasteiger partial charge in [-0.1, -0.05) is 24.1 Å². The van der Waals surface area contributed by atoms with Crippen LogP contribution in [0, 0.1) is 6.92 Å². The van der Waals surface area contributed by atoms with E-state index in [1.54, 1.807) is 18.2 Å². The average molecular weight is 206 g/mol. The zero-order chi connectivity index (χ0) is 11.1. The standard InChI is InChI=1S/C12H14O3/c1-8-3-4-10(13)9(7-8)12(11(14)15)5-2-6-12/h3-4,7,13H,2,5-6H2,1H3,(H,14,15). The molecule has 0 unspecified atom stereocenters. The summed E-state index contributed by atoms with van der Waals surface area (Å²) < 4.78 is 0. The molecule has 0 radical (unpaired) electrons. The summed E-state index contributed by atoms with van der Waals surface area (Å²) in [7, 11) is 0. The highest BCUT2D eigenvalue weighted by molar-refractivity contribution is 5.83. The summed E-state index contributed by atoms with van der Waals surface area (Å²) in [5, 5.41) is 19.0. The third kappa shape index (κ3) is 1.39. The van der Waals surface area contributed by atoms with Crippen LogP contribution < -0.4 is 0 Å². The molecule has 0 saturated heterocycles. The lowest BCUT2D eigenvalue weighted by Gasteiger charge is -2.38. The van der Waals surface area contributed by atoms with E-state index in [-0.39, 0.29) is 5.75 Å². The Morgan fingerprint density at radius 3 is 2.53 bits per heavy atom. The molecule has 1 aromatic carbocycles. The van der Waals surface area contributed by atoms with E-state index in [9.17, 15) is 15.0 Å². The van der Waals surface area contributed by atoms with Gasteiger partial charge < -0.3 is 10.2 Å². The predicted octanol–water partition coefficient (Wildman–Crippen LogP) is 2.21. The molecule has 0 heterocycles. The third-order valence-corrected chi connectivity index (χ3v) is 3.28. The molecule has 0 aromatic heterocycles. The Kier molecular flexibility index (Phi) is 2.18. The predicted molar refractivity (Wildman–Crippen MR) is 56.0 cm³/mol. The van der Waals surface area contributed by atoms with Gasteiger partial charge in [-0.3, -0.25) is 4.79 Å². The first kappa shape index (κ1) is 10.0. The van der Waals surface area contributed by atoms with Crippen LogP contribution >= 0.6 is 0 Å². The summed E-state index contributed by atoms with van der Waals surface area (Å²) in [6.45, 7) is 1.90. The van der Waals surface area contributed by atoms with Gasteiger partial charge in [0, 0.05) is 5.56 Å². The first-order valence-corrected chi connectivity index (χ1v) is 5.10. The second-order valence-electron chi connectivity index (χ2n) is 4.26. The highest BCUT2D eigenvalue weighted by Gasteiger charge is 2.47. The van der Waals surface area contributed by atoms with Gasteiger partial charge in [-0.05, 0) is 25.8 Å². The normalized spacial score (nSPS) is 18.2. The molecule has 1 aliphatic rings. The number of aromatic hydroxyl groups is 1. The largest absolute Gasteiger partial charge is 0.508 e. The van der Waals surface area contributed by atoms with Crippen LogP contribution in [0.25, 0.3) is 0 Å². The van der Waals surface area contributed by atoms with E-state index in [2.05, 4.69) is 0 Å². The number of benzene rings is 1. The van der Waals surface area contributed by atoms with Crippen molar-refractivity contribution in [1.29, 1.82) is 0 Å². The van der Waals surface area contributed by atoms with Crippen LogP contribution in [0.4, 0.5) is 0 Å². The summed E-state index contributed by atoms with van der Waals surface area (Å²) in [4.78, 5) is 11.3. The second kappa shape index (κ2) is 3.26. The fraction of sp³-hybridized carbons (Fsp3) is 0.417. The van der Waals surface area contributed by atoms with Gasteiger partial charge in [-0.2, -0.15) is 0 Å². The van der Waals surface area contributed by atoms with Crippen molar-refractivity contribution < 1.29 is 15.0 Å².